The summed E-state index contributed by atoms with van der Waals surface area (Å²) >= 11 is 0. The summed E-state index contributed by atoms with van der Waals surface area (Å²) in [5, 5.41) is 0. The van der Waals surface area contributed by atoms with Gasteiger partial charge >= 0.3 is 17.9 Å². The third kappa shape index (κ3) is 54.9. The van der Waals surface area contributed by atoms with E-state index in [-0.39, 0.29) is 37.5 Å². The molecule has 0 aromatic heterocycles. The molecule has 1 unspecified atom stereocenters. The molecule has 6 nitrogen and oxygen atoms in total. The molecule has 0 aliphatic rings. The molecule has 0 saturated carbocycles. The molecule has 0 radical (unpaired) electrons. The van der Waals surface area contributed by atoms with Gasteiger partial charge in [0.2, 0.25) is 0 Å². The molecule has 6 heteroatoms. The molecule has 0 bridgehead atoms. The van der Waals surface area contributed by atoms with Gasteiger partial charge in [-0.15, -0.1) is 0 Å². The molecule has 0 fully saturated rings. The van der Waals surface area contributed by atoms with Crippen LogP contribution in [0, 0.1) is 0 Å². The summed E-state index contributed by atoms with van der Waals surface area (Å²) in [6, 6.07) is 0. The van der Waals surface area contributed by atoms with Crippen LogP contribution in [0.4, 0.5) is 0 Å². The highest BCUT2D eigenvalue weighted by Gasteiger charge is 2.19. The van der Waals surface area contributed by atoms with Gasteiger partial charge in [0.25, 0.3) is 0 Å². The minimum absolute atomic E-state index is 0.0937. The van der Waals surface area contributed by atoms with E-state index < -0.39 is 6.10 Å². The highest BCUT2D eigenvalue weighted by Crippen LogP contribution is 2.15. The predicted molar refractivity (Wildman–Crippen MR) is 297 cm³/mol. The van der Waals surface area contributed by atoms with Crippen molar-refractivity contribution in [2.45, 2.75) is 258 Å². The normalized spacial score (nSPS) is 12.9. The van der Waals surface area contributed by atoms with E-state index in [1.165, 1.54) is 103 Å². The lowest BCUT2D eigenvalue weighted by Gasteiger charge is -2.18. The summed E-state index contributed by atoms with van der Waals surface area (Å²) in [5.74, 6) is -0.958. The van der Waals surface area contributed by atoms with E-state index in [2.05, 4.69) is 130 Å². The Morgan fingerprint density at radius 1 is 0.304 bits per heavy atom. The first kappa shape index (κ1) is 65.1. The third-order valence-corrected chi connectivity index (χ3v) is 11.8. The lowest BCUT2D eigenvalue weighted by atomic mass is 10.0. The zero-order valence-corrected chi connectivity index (χ0v) is 44.8. The van der Waals surface area contributed by atoms with Crippen molar-refractivity contribution in [1.29, 1.82) is 0 Å². The summed E-state index contributed by atoms with van der Waals surface area (Å²) < 4.78 is 16.7. The molecular weight excluding hydrogens is 853 g/mol. The topological polar surface area (TPSA) is 78.9 Å². The molecule has 0 rings (SSSR count). The fourth-order valence-corrected chi connectivity index (χ4v) is 7.56. The van der Waals surface area contributed by atoms with Crippen LogP contribution in [0.5, 0.6) is 0 Å². The van der Waals surface area contributed by atoms with Crippen molar-refractivity contribution in [3.8, 4) is 0 Å². The van der Waals surface area contributed by atoms with Crippen LogP contribution in [0.15, 0.2) is 109 Å². The van der Waals surface area contributed by atoms with Crippen LogP contribution in [-0.4, -0.2) is 37.2 Å². The molecular formula is C63H104O6. The number of unbranched alkanes of at least 4 members (excludes halogenated alkanes) is 21. The van der Waals surface area contributed by atoms with Gasteiger partial charge in [0.15, 0.2) is 6.10 Å². The average molecular weight is 958 g/mol. The fourth-order valence-electron chi connectivity index (χ4n) is 7.56. The molecule has 0 spiro atoms. The zero-order chi connectivity index (χ0) is 50.0. The van der Waals surface area contributed by atoms with E-state index in [1.54, 1.807) is 0 Å². The Balaban J connectivity index is 4.34. The third-order valence-electron chi connectivity index (χ3n) is 11.8. The second-order valence-corrected chi connectivity index (χ2v) is 18.5. The molecule has 0 aliphatic heterocycles. The van der Waals surface area contributed by atoms with E-state index in [0.29, 0.717) is 19.3 Å². The van der Waals surface area contributed by atoms with E-state index in [1.807, 2.05) is 0 Å². The molecule has 0 saturated heterocycles. The predicted octanol–water partition coefficient (Wildman–Crippen LogP) is 19.1. The van der Waals surface area contributed by atoms with Crippen molar-refractivity contribution in [3.05, 3.63) is 109 Å². The molecule has 0 heterocycles. The van der Waals surface area contributed by atoms with E-state index in [4.69, 9.17) is 14.2 Å². The first-order valence-electron chi connectivity index (χ1n) is 28.4. The SMILES string of the molecule is CC/C=C\C/C=C\C/C=C\C/C=C\C/C=C\C/C=C\C/C=C\C/C=C\C/C=C\CCCC(=O)OCC(COC(=O)CCCCCCCCCCCC)OC(=O)CCCCCCCCCCCCCC. The van der Waals surface area contributed by atoms with Crippen molar-refractivity contribution < 1.29 is 28.6 Å². The molecule has 1 atom stereocenters. The van der Waals surface area contributed by atoms with Crippen LogP contribution in [0.25, 0.3) is 0 Å². The number of allylic oxidation sites excluding steroid dienone is 18. The number of ether oxygens (including phenoxy) is 3. The summed E-state index contributed by atoms with van der Waals surface area (Å²) in [7, 11) is 0. The Bertz CT molecular complexity index is 1420. The summed E-state index contributed by atoms with van der Waals surface area (Å²) in [6.07, 6.45) is 76.6. The lowest BCUT2D eigenvalue weighted by Crippen LogP contribution is -2.30. The number of carbonyl (C=O) groups excluding carboxylic acids is 3. The average Bonchev–Trinajstić information content (AvgIpc) is 3.35. The Labute approximate surface area is 425 Å². The number of carbonyl (C=O) groups is 3. The smallest absolute Gasteiger partial charge is 0.306 e. The van der Waals surface area contributed by atoms with Crippen LogP contribution in [0.1, 0.15) is 252 Å². The van der Waals surface area contributed by atoms with Crippen molar-refractivity contribution in [2.75, 3.05) is 13.2 Å². The van der Waals surface area contributed by atoms with Crippen LogP contribution < -0.4 is 0 Å². The highest BCUT2D eigenvalue weighted by atomic mass is 16.6. The van der Waals surface area contributed by atoms with Gasteiger partial charge in [-0.3, -0.25) is 14.4 Å². The van der Waals surface area contributed by atoms with Gasteiger partial charge in [0.05, 0.1) is 0 Å². The fraction of sp³-hybridized carbons (Fsp3) is 0.667. The zero-order valence-electron chi connectivity index (χ0n) is 44.8. The summed E-state index contributed by atoms with van der Waals surface area (Å²) in [5.41, 5.74) is 0. The summed E-state index contributed by atoms with van der Waals surface area (Å²) in [6.45, 7) is 6.46. The maximum absolute atomic E-state index is 12.8. The monoisotopic (exact) mass is 957 g/mol. The van der Waals surface area contributed by atoms with Crippen LogP contribution >= 0.6 is 0 Å². The lowest BCUT2D eigenvalue weighted by molar-refractivity contribution is -0.167. The van der Waals surface area contributed by atoms with E-state index in [0.717, 1.165) is 103 Å². The Morgan fingerprint density at radius 2 is 0.565 bits per heavy atom. The first-order valence-corrected chi connectivity index (χ1v) is 28.4. The summed E-state index contributed by atoms with van der Waals surface area (Å²) in [4.78, 5) is 37.9. The van der Waals surface area contributed by atoms with Gasteiger partial charge in [-0.25, -0.2) is 0 Å². The van der Waals surface area contributed by atoms with Gasteiger partial charge in [-0.1, -0.05) is 259 Å². The van der Waals surface area contributed by atoms with Gasteiger partial charge in [0, 0.05) is 19.3 Å². The molecule has 0 aromatic carbocycles. The minimum Gasteiger partial charge on any atom is -0.462 e. The van der Waals surface area contributed by atoms with Crippen molar-refractivity contribution >= 4 is 17.9 Å². The molecule has 0 aromatic rings. The van der Waals surface area contributed by atoms with Crippen molar-refractivity contribution in [1.82, 2.24) is 0 Å². The van der Waals surface area contributed by atoms with Crippen molar-refractivity contribution in [2.24, 2.45) is 0 Å². The number of hydrogen-bond donors (Lipinski definition) is 0. The van der Waals surface area contributed by atoms with Gasteiger partial charge < -0.3 is 14.2 Å². The van der Waals surface area contributed by atoms with Crippen LogP contribution in [0.3, 0.4) is 0 Å². The highest BCUT2D eigenvalue weighted by molar-refractivity contribution is 5.71. The quantitative estimate of drug-likeness (QED) is 0.0262. The van der Waals surface area contributed by atoms with Gasteiger partial charge in [-0.2, -0.15) is 0 Å². The maximum atomic E-state index is 12.8. The molecule has 392 valence electrons. The largest absolute Gasteiger partial charge is 0.462 e. The molecule has 0 aliphatic carbocycles. The van der Waals surface area contributed by atoms with Crippen LogP contribution in [-0.2, 0) is 28.6 Å². The molecule has 0 N–H and O–H groups in total. The first-order chi connectivity index (χ1) is 34.0. The number of esters is 3. The number of hydrogen-bond acceptors (Lipinski definition) is 6. The maximum Gasteiger partial charge on any atom is 0.306 e. The Hall–Kier alpha value is -3.93. The van der Waals surface area contributed by atoms with Crippen molar-refractivity contribution in [3.63, 3.8) is 0 Å². The number of rotatable bonds is 50. The van der Waals surface area contributed by atoms with E-state index in [9.17, 15) is 14.4 Å². The Morgan fingerprint density at radius 3 is 0.884 bits per heavy atom. The Kier molecular flexibility index (Phi) is 53.4. The van der Waals surface area contributed by atoms with Crippen LogP contribution in [0.2, 0.25) is 0 Å². The van der Waals surface area contributed by atoms with Gasteiger partial charge in [0.1, 0.15) is 13.2 Å². The second-order valence-electron chi connectivity index (χ2n) is 18.5. The molecule has 69 heavy (non-hydrogen) atoms. The van der Waals surface area contributed by atoms with E-state index >= 15 is 0 Å². The minimum atomic E-state index is -0.798. The molecule has 0 amide bonds. The second kappa shape index (κ2) is 56.7. The standard InChI is InChI=1S/C63H104O6/c1-4-7-10-13-16-19-22-24-25-26-27-28-29-30-31-32-33-34-35-36-37-38-39-40-42-44-47-50-53-56-62(65)68-59-60(58-67-61(64)55-52-49-46-43-21-18-15-12-9-6-3)69-63(66)57-54-51-48-45-41-23-20-17-14-11-8-5-2/h7,10,16,19,24-25,27-28,30-31,33-34,36-37,39-40,44,47,60H,4-6,8-9,11-15,17-18,20-23,26,29,32,35,38,41-43,45-46,48-59H2,1-3H3/b10-7-,19-16-,25-24-,28-27-,31-30-,34-33-,37-36-,40-39-,47-44-. The van der Waals surface area contributed by atoms with Gasteiger partial charge in [-0.05, 0) is 83.5 Å².